The van der Waals surface area contributed by atoms with Crippen LogP contribution in [0.4, 0.5) is 5.00 Å². The number of aromatic nitrogens is 2. The van der Waals surface area contributed by atoms with Crippen LogP contribution >= 0.6 is 22.9 Å². The van der Waals surface area contributed by atoms with E-state index in [-0.39, 0.29) is 0 Å². The molecule has 0 aliphatic rings. The molecule has 2 aromatic rings. The molecule has 0 aromatic carbocycles. The van der Waals surface area contributed by atoms with Gasteiger partial charge in [0.15, 0.2) is 0 Å². The molecule has 2 heterocycles. The molecular weight excluding hydrogens is 218 g/mol. The first kappa shape index (κ1) is 9.43. The summed E-state index contributed by atoms with van der Waals surface area (Å²) in [5.41, 5.74) is 7.45. The van der Waals surface area contributed by atoms with Crippen LogP contribution in [0.3, 0.4) is 0 Å². The van der Waals surface area contributed by atoms with Crippen LogP contribution < -0.4 is 5.73 Å². The van der Waals surface area contributed by atoms with Crippen LogP contribution in [-0.2, 0) is 0 Å². The fraction of sp³-hybridized carbons (Fsp3) is 0.111. The Labute approximate surface area is 90.6 Å². The number of nitrogen functional groups attached to an aromatic ring is 1. The molecule has 0 atom stereocenters. The van der Waals surface area contributed by atoms with E-state index in [9.17, 15) is 0 Å². The Bertz CT molecular complexity index is 447. The van der Waals surface area contributed by atoms with Crippen molar-refractivity contribution in [3.8, 4) is 10.6 Å². The summed E-state index contributed by atoms with van der Waals surface area (Å²) in [5.74, 6) is 0. The van der Waals surface area contributed by atoms with Crippen molar-refractivity contribution >= 4 is 27.9 Å². The standard InChI is InChI=1S/C9H8ClN3S/c1-5-8(11)14-9(13-5)6-2-3-12-4-7(6)10/h2-4H,11H2,1H3. The van der Waals surface area contributed by atoms with E-state index in [1.54, 1.807) is 12.4 Å². The fourth-order valence-electron chi connectivity index (χ4n) is 1.07. The third kappa shape index (κ3) is 1.58. The Morgan fingerprint density at radius 3 is 2.86 bits per heavy atom. The number of rotatable bonds is 1. The summed E-state index contributed by atoms with van der Waals surface area (Å²) in [7, 11) is 0. The van der Waals surface area contributed by atoms with Crippen LogP contribution in [0.1, 0.15) is 5.69 Å². The van der Waals surface area contributed by atoms with Crippen LogP contribution in [0.15, 0.2) is 18.5 Å². The van der Waals surface area contributed by atoms with Crippen LogP contribution in [0.2, 0.25) is 5.02 Å². The van der Waals surface area contributed by atoms with Gasteiger partial charge in [-0.05, 0) is 13.0 Å². The molecule has 0 aliphatic carbocycles. The highest BCUT2D eigenvalue weighted by molar-refractivity contribution is 7.19. The SMILES string of the molecule is Cc1nc(-c2ccncc2Cl)sc1N. The Morgan fingerprint density at radius 2 is 2.29 bits per heavy atom. The molecule has 2 N–H and O–H groups in total. The van der Waals surface area contributed by atoms with Gasteiger partial charge in [-0.2, -0.15) is 0 Å². The highest BCUT2D eigenvalue weighted by atomic mass is 35.5. The van der Waals surface area contributed by atoms with Gasteiger partial charge in [-0.25, -0.2) is 4.98 Å². The minimum atomic E-state index is 0.598. The van der Waals surface area contributed by atoms with Gasteiger partial charge in [0, 0.05) is 18.0 Å². The summed E-state index contributed by atoms with van der Waals surface area (Å²) in [5, 5.41) is 2.17. The number of aryl methyl sites for hydroxylation is 1. The summed E-state index contributed by atoms with van der Waals surface area (Å²) in [6.45, 7) is 1.88. The normalized spacial score (nSPS) is 10.4. The van der Waals surface area contributed by atoms with E-state index >= 15 is 0 Å². The number of halogens is 1. The maximum atomic E-state index is 5.98. The maximum Gasteiger partial charge on any atom is 0.127 e. The lowest BCUT2D eigenvalue weighted by Crippen LogP contribution is -1.82. The highest BCUT2D eigenvalue weighted by Crippen LogP contribution is 2.33. The predicted molar refractivity (Wildman–Crippen MR) is 59.5 cm³/mol. The van der Waals surface area contributed by atoms with Crippen LogP contribution in [0.5, 0.6) is 0 Å². The summed E-state index contributed by atoms with van der Waals surface area (Å²) >= 11 is 7.42. The van der Waals surface area contributed by atoms with Crippen LogP contribution in [0, 0.1) is 6.92 Å². The molecule has 72 valence electrons. The molecule has 3 nitrogen and oxygen atoms in total. The fourth-order valence-corrected chi connectivity index (χ4v) is 2.21. The number of hydrogen-bond donors (Lipinski definition) is 1. The minimum absolute atomic E-state index is 0.598. The van der Waals surface area contributed by atoms with E-state index in [2.05, 4.69) is 9.97 Å². The van der Waals surface area contributed by atoms with Crippen molar-refractivity contribution in [1.82, 2.24) is 9.97 Å². The van der Waals surface area contributed by atoms with E-state index in [1.165, 1.54) is 11.3 Å². The van der Waals surface area contributed by atoms with E-state index < -0.39 is 0 Å². The van der Waals surface area contributed by atoms with E-state index in [1.807, 2.05) is 13.0 Å². The number of nitrogens with two attached hydrogens (primary N) is 1. The molecule has 0 fully saturated rings. The highest BCUT2D eigenvalue weighted by Gasteiger charge is 2.09. The van der Waals surface area contributed by atoms with Crippen molar-refractivity contribution in [2.75, 3.05) is 5.73 Å². The molecular formula is C9H8ClN3S. The number of thiazole rings is 1. The van der Waals surface area contributed by atoms with E-state index in [4.69, 9.17) is 17.3 Å². The quantitative estimate of drug-likeness (QED) is 0.812. The summed E-state index contributed by atoms with van der Waals surface area (Å²) in [6, 6.07) is 1.83. The molecule has 0 unspecified atom stereocenters. The van der Waals surface area contributed by atoms with Gasteiger partial charge in [-0.3, -0.25) is 4.98 Å². The Kier molecular flexibility index (Phi) is 2.39. The topological polar surface area (TPSA) is 51.8 Å². The molecule has 0 bridgehead atoms. The zero-order valence-corrected chi connectivity index (χ0v) is 9.06. The second-order valence-electron chi connectivity index (χ2n) is 2.82. The average molecular weight is 226 g/mol. The molecule has 0 amide bonds. The van der Waals surface area contributed by atoms with Crippen LogP contribution in [-0.4, -0.2) is 9.97 Å². The second kappa shape index (κ2) is 3.55. The Hall–Kier alpha value is -1.13. The van der Waals surface area contributed by atoms with Crippen molar-refractivity contribution < 1.29 is 0 Å². The molecule has 2 rings (SSSR count). The molecule has 0 spiro atoms. The van der Waals surface area contributed by atoms with Gasteiger partial charge in [0.1, 0.15) is 10.0 Å². The van der Waals surface area contributed by atoms with Crippen molar-refractivity contribution in [3.05, 3.63) is 29.2 Å². The van der Waals surface area contributed by atoms with Crippen molar-refractivity contribution in [1.29, 1.82) is 0 Å². The third-order valence-electron chi connectivity index (χ3n) is 1.84. The Balaban J connectivity index is 2.55. The number of pyridine rings is 1. The van der Waals surface area contributed by atoms with Gasteiger partial charge in [-0.15, -0.1) is 0 Å². The van der Waals surface area contributed by atoms with Gasteiger partial charge >= 0.3 is 0 Å². The molecule has 0 saturated heterocycles. The Morgan fingerprint density at radius 1 is 1.50 bits per heavy atom. The van der Waals surface area contributed by atoms with Gasteiger partial charge < -0.3 is 5.73 Å². The largest absolute Gasteiger partial charge is 0.389 e. The zero-order valence-electron chi connectivity index (χ0n) is 7.49. The van der Waals surface area contributed by atoms with Gasteiger partial charge in [0.25, 0.3) is 0 Å². The average Bonchev–Trinajstić information content (AvgIpc) is 2.48. The van der Waals surface area contributed by atoms with Crippen LogP contribution in [0.25, 0.3) is 10.6 Å². The smallest absolute Gasteiger partial charge is 0.127 e. The summed E-state index contributed by atoms with van der Waals surface area (Å²) in [4.78, 5) is 8.24. The first-order chi connectivity index (χ1) is 6.68. The van der Waals surface area contributed by atoms with Crippen molar-refractivity contribution in [3.63, 3.8) is 0 Å². The van der Waals surface area contributed by atoms with Crippen molar-refractivity contribution in [2.24, 2.45) is 0 Å². The molecule has 14 heavy (non-hydrogen) atoms. The predicted octanol–water partition coefficient (Wildman–Crippen LogP) is 2.75. The molecule has 0 aliphatic heterocycles. The van der Waals surface area contributed by atoms with E-state index in [0.717, 1.165) is 21.3 Å². The molecule has 0 saturated carbocycles. The van der Waals surface area contributed by atoms with Gasteiger partial charge in [-0.1, -0.05) is 22.9 Å². The lowest BCUT2D eigenvalue weighted by atomic mass is 10.3. The minimum Gasteiger partial charge on any atom is -0.389 e. The maximum absolute atomic E-state index is 5.98. The summed E-state index contributed by atoms with van der Waals surface area (Å²) in [6.07, 6.45) is 3.29. The van der Waals surface area contributed by atoms with E-state index in [0.29, 0.717) is 5.02 Å². The third-order valence-corrected chi connectivity index (χ3v) is 3.16. The number of nitrogens with zero attached hydrogens (tertiary/aromatic N) is 2. The molecule has 0 radical (unpaired) electrons. The number of anilines is 1. The summed E-state index contributed by atoms with van der Waals surface area (Å²) < 4.78 is 0. The molecule has 2 aromatic heterocycles. The van der Waals surface area contributed by atoms with Gasteiger partial charge in [0.05, 0.1) is 10.7 Å². The monoisotopic (exact) mass is 225 g/mol. The molecule has 5 heteroatoms. The lowest BCUT2D eigenvalue weighted by Gasteiger charge is -1.96. The van der Waals surface area contributed by atoms with Gasteiger partial charge in [0.2, 0.25) is 0 Å². The lowest BCUT2D eigenvalue weighted by molar-refractivity contribution is 1.26. The first-order valence-corrected chi connectivity index (χ1v) is 5.20. The number of hydrogen-bond acceptors (Lipinski definition) is 4. The zero-order chi connectivity index (χ0) is 10.1. The second-order valence-corrected chi connectivity index (χ2v) is 4.26. The first-order valence-electron chi connectivity index (χ1n) is 4.01. The van der Waals surface area contributed by atoms with Crippen molar-refractivity contribution in [2.45, 2.75) is 6.92 Å².